The summed E-state index contributed by atoms with van der Waals surface area (Å²) in [6, 6.07) is 11.3. The number of ketones is 1. The van der Waals surface area contributed by atoms with E-state index in [4.69, 9.17) is 4.74 Å². The van der Waals surface area contributed by atoms with Crippen molar-refractivity contribution in [2.24, 2.45) is 0 Å². The van der Waals surface area contributed by atoms with Gasteiger partial charge in [0, 0.05) is 11.1 Å². The number of fused-ring (bicyclic) bond motifs is 1. The number of rotatable bonds is 5. The molecule has 7 heteroatoms. The number of nitrogens with zero attached hydrogens (tertiary/aromatic N) is 1. The van der Waals surface area contributed by atoms with E-state index in [1.165, 1.54) is 7.11 Å². The Kier molecular flexibility index (Phi) is 5.03. The number of imidazole rings is 1. The number of aromatic amines is 1. The SMILES string of the molecule is COC(=O)c1nc2ccc(C(=O)c3ccccc3C(=O)OC(C)C)cc2[nH]1. The fourth-order valence-corrected chi connectivity index (χ4v) is 2.64. The normalized spacial score (nSPS) is 10.8. The summed E-state index contributed by atoms with van der Waals surface area (Å²) in [6.07, 6.45) is -0.293. The van der Waals surface area contributed by atoms with E-state index in [0.717, 1.165) is 0 Å². The minimum atomic E-state index is -0.596. The largest absolute Gasteiger partial charge is 0.463 e. The Balaban J connectivity index is 1.99. The number of nitrogens with one attached hydrogen (secondary N) is 1. The highest BCUT2D eigenvalue weighted by atomic mass is 16.5. The molecule has 0 unspecified atom stereocenters. The summed E-state index contributed by atoms with van der Waals surface area (Å²) in [4.78, 5) is 43.8. The molecule has 0 spiro atoms. The van der Waals surface area contributed by atoms with Crippen LogP contribution >= 0.6 is 0 Å². The summed E-state index contributed by atoms with van der Waals surface area (Å²) in [5.41, 5.74) is 1.85. The van der Waals surface area contributed by atoms with Gasteiger partial charge in [0.15, 0.2) is 5.78 Å². The van der Waals surface area contributed by atoms with Crippen LogP contribution in [0.2, 0.25) is 0 Å². The van der Waals surface area contributed by atoms with E-state index in [0.29, 0.717) is 16.6 Å². The van der Waals surface area contributed by atoms with Crippen LogP contribution in [-0.2, 0) is 9.47 Å². The van der Waals surface area contributed by atoms with Crippen LogP contribution in [-0.4, -0.2) is 40.9 Å². The summed E-state index contributed by atoms with van der Waals surface area (Å²) in [6.45, 7) is 3.49. The van der Waals surface area contributed by atoms with Crippen molar-refractivity contribution in [1.82, 2.24) is 9.97 Å². The van der Waals surface area contributed by atoms with Crippen LogP contribution in [0.5, 0.6) is 0 Å². The Bertz CT molecular complexity index is 1040. The lowest BCUT2D eigenvalue weighted by Crippen LogP contribution is -2.16. The van der Waals surface area contributed by atoms with Crippen molar-refractivity contribution in [3.8, 4) is 0 Å². The van der Waals surface area contributed by atoms with Crippen molar-refractivity contribution in [3.63, 3.8) is 0 Å². The summed E-state index contributed by atoms with van der Waals surface area (Å²) in [5, 5.41) is 0. The third-order valence-electron chi connectivity index (χ3n) is 3.86. The quantitative estimate of drug-likeness (QED) is 0.550. The molecule has 138 valence electrons. The number of aromatic nitrogens is 2. The van der Waals surface area contributed by atoms with E-state index in [-0.39, 0.29) is 28.8 Å². The van der Waals surface area contributed by atoms with Gasteiger partial charge in [0.25, 0.3) is 0 Å². The van der Waals surface area contributed by atoms with Gasteiger partial charge in [0.1, 0.15) is 0 Å². The predicted molar refractivity (Wildman–Crippen MR) is 97.9 cm³/mol. The third-order valence-corrected chi connectivity index (χ3v) is 3.86. The van der Waals surface area contributed by atoms with Crippen molar-refractivity contribution in [3.05, 3.63) is 65.0 Å². The zero-order valence-corrected chi connectivity index (χ0v) is 15.1. The van der Waals surface area contributed by atoms with Crippen LogP contribution in [0.4, 0.5) is 0 Å². The number of esters is 2. The Morgan fingerprint density at radius 3 is 2.37 bits per heavy atom. The molecule has 0 bridgehead atoms. The topological polar surface area (TPSA) is 98.3 Å². The van der Waals surface area contributed by atoms with Gasteiger partial charge >= 0.3 is 11.9 Å². The van der Waals surface area contributed by atoms with Gasteiger partial charge in [-0.05, 0) is 38.1 Å². The Hall–Kier alpha value is -3.48. The molecule has 3 rings (SSSR count). The maximum Gasteiger partial charge on any atom is 0.374 e. The first-order valence-electron chi connectivity index (χ1n) is 8.33. The van der Waals surface area contributed by atoms with Crippen LogP contribution in [0, 0.1) is 0 Å². The van der Waals surface area contributed by atoms with Gasteiger partial charge in [0.2, 0.25) is 5.82 Å². The summed E-state index contributed by atoms with van der Waals surface area (Å²) in [7, 11) is 1.26. The number of benzene rings is 2. The number of H-pyrrole nitrogens is 1. The molecule has 0 fully saturated rings. The summed E-state index contributed by atoms with van der Waals surface area (Å²) >= 11 is 0. The minimum absolute atomic E-state index is 0.0537. The molecular weight excluding hydrogens is 348 g/mol. The van der Waals surface area contributed by atoms with E-state index < -0.39 is 11.9 Å². The smallest absolute Gasteiger partial charge is 0.374 e. The van der Waals surface area contributed by atoms with Gasteiger partial charge in [-0.1, -0.05) is 18.2 Å². The lowest BCUT2D eigenvalue weighted by atomic mass is 9.98. The molecule has 0 aliphatic heterocycles. The van der Waals surface area contributed by atoms with E-state index in [2.05, 4.69) is 14.7 Å². The lowest BCUT2D eigenvalue weighted by molar-refractivity contribution is 0.0375. The molecule has 0 atom stereocenters. The zero-order valence-electron chi connectivity index (χ0n) is 15.1. The molecule has 27 heavy (non-hydrogen) atoms. The molecule has 0 aliphatic rings. The second-order valence-electron chi connectivity index (χ2n) is 6.14. The van der Waals surface area contributed by atoms with Crippen LogP contribution in [0.1, 0.15) is 50.7 Å². The van der Waals surface area contributed by atoms with Gasteiger partial charge in [-0.2, -0.15) is 0 Å². The molecule has 0 saturated carbocycles. The van der Waals surface area contributed by atoms with Gasteiger partial charge in [-0.25, -0.2) is 14.6 Å². The Labute approximate surface area is 155 Å². The van der Waals surface area contributed by atoms with Crippen LogP contribution in [0.25, 0.3) is 11.0 Å². The van der Waals surface area contributed by atoms with E-state index >= 15 is 0 Å². The lowest BCUT2D eigenvalue weighted by Gasteiger charge is -2.11. The molecule has 1 N–H and O–H groups in total. The van der Waals surface area contributed by atoms with Gasteiger partial charge < -0.3 is 14.5 Å². The van der Waals surface area contributed by atoms with Crippen molar-refractivity contribution < 1.29 is 23.9 Å². The maximum absolute atomic E-state index is 13.0. The number of hydrogen-bond acceptors (Lipinski definition) is 6. The van der Waals surface area contributed by atoms with Gasteiger partial charge in [-0.3, -0.25) is 4.79 Å². The molecule has 1 heterocycles. The van der Waals surface area contributed by atoms with Gasteiger partial charge in [-0.15, -0.1) is 0 Å². The van der Waals surface area contributed by atoms with Crippen LogP contribution < -0.4 is 0 Å². The van der Waals surface area contributed by atoms with Crippen molar-refractivity contribution in [1.29, 1.82) is 0 Å². The standard InChI is InChI=1S/C20H18N2O5/c1-11(2)27-19(24)14-7-5-4-6-13(14)17(23)12-8-9-15-16(10-12)22-18(21-15)20(25)26-3/h4-11H,1-3H3,(H,21,22). The minimum Gasteiger partial charge on any atom is -0.463 e. The molecule has 0 aliphatic carbocycles. The molecule has 0 saturated heterocycles. The summed E-state index contributed by atoms with van der Waals surface area (Å²) < 4.78 is 9.85. The Morgan fingerprint density at radius 1 is 1.00 bits per heavy atom. The second kappa shape index (κ2) is 7.41. The highest BCUT2D eigenvalue weighted by Gasteiger charge is 2.21. The third kappa shape index (κ3) is 3.72. The maximum atomic E-state index is 13.0. The number of ether oxygens (including phenoxy) is 2. The van der Waals surface area contributed by atoms with E-state index in [1.54, 1.807) is 56.3 Å². The molecule has 3 aromatic rings. The highest BCUT2D eigenvalue weighted by Crippen LogP contribution is 2.20. The van der Waals surface area contributed by atoms with E-state index in [1.807, 2.05) is 0 Å². The first-order chi connectivity index (χ1) is 12.9. The first kappa shape index (κ1) is 18.3. The van der Waals surface area contributed by atoms with Crippen molar-refractivity contribution in [2.75, 3.05) is 7.11 Å². The highest BCUT2D eigenvalue weighted by molar-refractivity contribution is 6.15. The van der Waals surface area contributed by atoms with Crippen LogP contribution in [0.15, 0.2) is 42.5 Å². The molecule has 1 aromatic heterocycles. The fourth-order valence-electron chi connectivity index (χ4n) is 2.64. The molecule has 0 radical (unpaired) electrons. The average Bonchev–Trinajstić information content (AvgIpc) is 3.09. The predicted octanol–water partition coefficient (Wildman–Crippen LogP) is 3.15. The monoisotopic (exact) mass is 366 g/mol. The second-order valence-corrected chi connectivity index (χ2v) is 6.14. The summed E-state index contributed by atoms with van der Waals surface area (Å²) in [5.74, 6) is -1.43. The Morgan fingerprint density at radius 2 is 1.70 bits per heavy atom. The number of hydrogen-bond donors (Lipinski definition) is 1. The molecule has 7 nitrogen and oxygen atoms in total. The zero-order chi connectivity index (χ0) is 19.6. The molecule has 0 amide bonds. The number of carbonyl (C=O) groups excluding carboxylic acids is 3. The first-order valence-corrected chi connectivity index (χ1v) is 8.33. The van der Waals surface area contributed by atoms with Crippen molar-refractivity contribution >= 4 is 28.8 Å². The average molecular weight is 366 g/mol. The van der Waals surface area contributed by atoms with Gasteiger partial charge in [0.05, 0.1) is 29.8 Å². The fraction of sp³-hybridized carbons (Fsp3) is 0.200. The van der Waals surface area contributed by atoms with Crippen LogP contribution in [0.3, 0.4) is 0 Å². The number of methoxy groups -OCH3 is 1. The van der Waals surface area contributed by atoms with Crippen molar-refractivity contribution in [2.45, 2.75) is 20.0 Å². The molecular formula is C20H18N2O5. The molecule has 2 aromatic carbocycles. The van der Waals surface area contributed by atoms with E-state index in [9.17, 15) is 14.4 Å². The number of carbonyl (C=O) groups is 3.